The number of piperidine rings is 1. The highest BCUT2D eigenvalue weighted by Crippen LogP contribution is 2.50. The lowest BCUT2D eigenvalue weighted by Crippen LogP contribution is -2.49. The van der Waals surface area contributed by atoms with E-state index in [0.717, 1.165) is 29.8 Å². The van der Waals surface area contributed by atoms with Gasteiger partial charge in [-0.2, -0.15) is 26.3 Å². The van der Waals surface area contributed by atoms with Crippen molar-refractivity contribution < 1.29 is 40.7 Å². The number of benzene rings is 2. The molecule has 0 aliphatic carbocycles. The average molecular weight is 596 g/mol. The Kier molecular flexibility index (Phi) is 8.14. The number of carbonyl (C=O) groups is 2. The fourth-order valence-corrected chi connectivity index (χ4v) is 6.01. The number of hydrogen-bond donors (Lipinski definition) is 0. The van der Waals surface area contributed by atoms with Crippen LogP contribution in [0.15, 0.2) is 48.7 Å². The molecule has 3 aliphatic heterocycles. The first-order valence-corrected chi connectivity index (χ1v) is 13.8. The molecule has 0 N–H and O–H groups in total. The molecule has 0 bridgehead atoms. The molecule has 3 heterocycles. The van der Waals surface area contributed by atoms with E-state index in [1.54, 1.807) is 4.90 Å². The lowest BCUT2D eigenvalue weighted by Gasteiger charge is -2.40. The number of morpholine rings is 1. The van der Waals surface area contributed by atoms with Crippen molar-refractivity contribution in [2.24, 2.45) is 5.41 Å². The predicted octanol–water partition coefficient (Wildman–Crippen LogP) is 5.47. The molecule has 226 valence electrons. The predicted molar refractivity (Wildman–Crippen MR) is 142 cm³/mol. The summed E-state index contributed by atoms with van der Waals surface area (Å²) >= 11 is 0. The van der Waals surface area contributed by atoms with Crippen LogP contribution in [0.3, 0.4) is 0 Å². The van der Waals surface area contributed by atoms with Gasteiger partial charge in [-0.15, -0.1) is 0 Å². The van der Waals surface area contributed by atoms with E-state index in [4.69, 9.17) is 4.74 Å². The fourth-order valence-electron chi connectivity index (χ4n) is 6.01. The van der Waals surface area contributed by atoms with Crippen molar-refractivity contribution in [3.05, 3.63) is 76.5 Å². The Morgan fingerprint density at radius 3 is 2.05 bits per heavy atom. The van der Waals surface area contributed by atoms with E-state index >= 15 is 0 Å². The van der Waals surface area contributed by atoms with Gasteiger partial charge in [0.15, 0.2) is 0 Å². The lowest BCUT2D eigenvalue weighted by atomic mass is 9.70. The highest BCUT2D eigenvalue weighted by Gasteiger charge is 2.51. The van der Waals surface area contributed by atoms with Crippen LogP contribution in [0.1, 0.15) is 45.5 Å². The Labute approximate surface area is 239 Å². The number of hydrogen-bond acceptors (Lipinski definition) is 4. The summed E-state index contributed by atoms with van der Waals surface area (Å²) < 4.78 is 85.7. The summed E-state index contributed by atoms with van der Waals surface area (Å²) in [5.41, 5.74) is -2.05. The molecule has 2 amide bonds. The number of carbonyl (C=O) groups excluding carboxylic acids is 2. The summed E-state index contributed by atoms with van der Waals surface area (Å²) in [7, 11) is 0. The van der Waals surface area contributed by atoms with Gasteiger partial charge in [-0.05, 0) is 54.7 Å². The zero-order chi connectivity index (χ0) is 30.3. The van der Waals surface area contributed by atoms with Gasteiger partial charge in [-0.3, -0.25) is 14.5 Å². The van der Waals surface area contributed by atoms with Crippen LogP contribution in [0.5, 0.6) is 0 Å². The number of nitrogens with zero attached hydrogens (tertiary/aromatic N) is 3. The van der Waals surface area contributed by atoms with Gasteiger partial charge < -0.3 is 14.5 Å². The summed E-state index contributed by atoms with van der Waals surface area (Å²) in [5, 5.41) is 0. The summed E-state index contributed by atoms with van der Waals surface area (Å²) in [4.78, 5) is 32.4. The molecule has 0 atom stereocenters. The van der Waals surface area contributed by atoms with Gasteiger partial charge in [0.2, 0.25) is 5.91 Å². The molecule has 12 heteroatoms. The highest BCUT2D eigenvalue weighted by molar-refractivity contribution is 6.03. The van der Waals surface area contributed by atoms with Crippen molar-refractivity contribution in [3.8, 4) is 0 Å². The van der Waals surface area contributed by atoms with E-state index in [1.807, 2.05) is 37.4 Å². The fraction of sp³-hybridized carbons (Fsp3) is 0.467. The third-order valence-corrected chi connectivity index (χ3v) is 8.41. The number of aryl methyl sites for hydroxylation is 1. The Bertz CT molecular complexity index is 1340. The third-order valence-electron chi connectivity index (χ3n) is 8.41. The Balaban J connectivity index is 1.39. The molecule has 1 spiro atoms. The van der Waals surface area contributed by atoms with Gasteiger partial charge in [0.05, 0.1) is 29.8 Å². The second-order valence-corrected chi connectivity index (χ2v) is 11.0. The topological polar surface area (TPSA) is 53.1 Å². The van der Waals surface area contributed by atoms with Crippen LogP contribution >= 0.6 is 0 Å². The number of halogens is 6. The second kappa shape index (κ2) is 11.4. The van der Waals surface area contributed by atoms with Gasteiger partial charge in [0.25, 0.3) is 5.91 Å². The van der Waals surface area contributed by atoms with Crippen LogP contribution < -0.4 is 0 Å². The Morgan fingerprint density at radius 2 is 1.48 bits per heavy atom. The molecule has 0 radical (unpaired) electrons. The van der Waals surface area contributed by atoms with Crippen molar-refractivity contribution in [3.63, 3.8) is 0 Å². The highest BCUT2D eigenvalue weighted by atomic mass is 19.4. The van der Waals surface area contributed by atoms with Crippen molar-refractivity contribution >= 4 is 17.4 Å². The van der Waals surface area contributed by atoms with E-state index < -0.39 is 40.4 Å². The van der Waals surface area contributed by atoms with E-state index in [2.05, 4.69) is 4.90 Å². The minimum absolute atomic E-state index is 0.00267. The van der Waals surface area contributed by atoms with Crippen LogP contribution in [0.2, 0.25) is 0 Å². The normalized spacial score (nSPS) is 19.9. The zero-order valence-electron chi connectivity index (χ0n) is 23.0. The van der Waals surface area contributed by atoms with E-state index in [9.17, 15) is 35.9 Å². The lowest BCUT2D eigenvalue weighted by molar-refractivity contribution is -0.143. The molecule has 2 aromatic rings. The minimum Gasteiger partial charge on any atom is -0.379 e. The first-order chi connectivity index (χ1) is 19.8. The van der Waals surface area contributed by atoms with E-state index in [-0.39, 0.29) is 37.9 Å². The molecule has 42 heavy (non-hydrogen) atoms. The SMILES string of the molecule is Cc1ccccc1C1=CN(CCN2CCOCC2)C(=O)C12CCN(C(=O)c1cc(C(F)(F)F)cc(C(F)(F)F)c1)CC2. The number of likely N-dealkylation sites (tertiary alicyclic amines) is 1. The van der Waals surface area contributed by atoms with Crippen LogP contribution in [-0.2, 0) is 21.9 Å². The van der Waals surface area contributed by atoms with Gasteiger partial charge in [-0.25, -0.2) is 0 Å². The van der Waals surface area contributed by atoms with Crippen molar-refractivity contribution in [1.29, 1.82) is 0 Å². The van der Waals surface area contributed by atoms with E-state index in [0.29, 0.717) is 38.4 Å². The summed E-state index contributed by atoms with van der Waals surface area (Å²) in [6.45, 7) is 5.85. The number of amides is 2. The summed E-state index contributed by atoms with van der Waals surface area (Å²) in [6.07, 6.45) is -7.87. The van der Waals surface area contributed by atoms with Gasteiger partial charge in [0.1, 0.15) is 0 Å². The Morgan fingerprint density at radius 1 is 0.881 bits per heavy atom. The maximum atomic E-state index is 14.0. The standard InChI is InChI=1S/C30H31F6N3O3/c1-20-4-2-3-5-24(20)25-19-39(11-10-37-12-14-42-15-13-37)27(41)28(25)6-8-38(9-7-28)26(40)21-16-22(29(31,32)33)18-23(17-21)30(34,35)36/h2-5,16-19H,6-15H2,1H3. The molecule has 5 rings (SSSR count). The molecule has 6 nitrogen and oxygen atoms in total. The molecule has 0 aromatic heterocycles. The Hall–Kier alpha value is -3.38. The maximum absolute atomic E-state index is 14.0. The van der Waals surface area contributed by atoms with Gasteiger partial charge in [-0.1, -0.05) is 24.3 Å². The zero-order valence-corrected chi connectivity index (χ0v) is 23.0. The quantitative estimate of drug-likeness (QED) is 0.431. The van der Waals surface area contributed by atoms with Crippen LogP contribution in [0, 0.1) is 12.3 Å². The molecule has 3 aliphatic rings. The van der Waals surface area contributed by atoms with Crippen LogP contribution in [0.25, 0.3) is 5.57 Å². The molecule has 0 unspecified atom stereocenters. The molecule has 2 aromatic carbocycles. The smallest absolute Gasteiger partial charge is 0.379 e. The molecular weight excluding hydrogens is 564 g/mol. The van der Waals surface area contributed by atoms with Gasteiger partial charge in [0, 0.05) is 51.0 Å². The van der Waals surface area contributed by atoms with Crippen molar-refractivity contribution in [1.82, 2.24) is 14.7 Å². The number of rotatable bonds is 5. The van der Waals surface area contributed by atoms with Crippen molar-refractivity contribution in [2.75, 3.05) is 52.5 Å². The second-order valence-electron chi connectivity index (χ2n) is 11.0. The molecule has 2 fully saturated rings. The van der Waals surface area contributed by atoms with E-state index in [1.165, 1.54) is 4.90 Å². The number of alkyl halides is 6. The summed E-state index contributed by atoms with van der Waals surface area (Å²) in [6, 6.07) is 8.55. The molecular formula is C30H31F6N3O3. The molecule has 2 saturated heterocycles. The van der Waals surface area contributed by atoms with Crippen molar-refractivity contribution in [2.45, 2.75) is 32.1 Å². The van der Waals surface area contributed by atoms with Crippen LogP contribution in [0.4, 0.5) is 26.3 Å². The molecule has 0 saturated carbocycles. The first kappa shape index (κ1) is 30.1. The monoisotopic (exact) mass is 595 g/mol. The minimum atomic E-state index is -5.06. The van der Waals surface area contributed by atoms with Gasteiger partial charge >= 0.3 is 12.4 Å². The number of ether oxygens (including phenoxy) is 1. The summed E-state index contributed by atoms with van der Waals surface area (Å²) in [5.74, 6) is -1.04. The maximum Gasteiger partial charge on any atom is 0.416 e. The van der Waals surface area contributed by atoms with Crippen LogP contribution in [-0.4, -0.2) is 79.0 Å². The average Bonchev–Trinajstić information content (AvgIpc) is 3.22. The largest absolute Gasteiger partial charge is 0.416 e. The third kappa shape index (κ3) is 5.92. The first-order valence-electron chi connectivity index (χ1n) is 13.8.